The van der Waals surface area contributed by atoms with E-state index < -0.39 is 0 Å². The van der Waals surface area contributed by atoms with E-state index in [1.54, 1.807) is 0 Å². The molecule has 0 N–H and O–H groups in total. The van der Waals surface area contributed by atoms with E-state index in [0.29, 0.717) is 16.8 Å². The number of fused-ring (bicyclic) bond motifs is 6. The summed E-state index contributed by atoms with van der Waals surface area (Å²) in [5.74, 6) is 0. The van der Waals surface area contributed by atoms with Crippen LogP contribution in [0.4, 0.5) is 5.69 Å². The molecule has 7 aromatic carbocycles. The van der Waals surface area contributed by atoms with E-state index in [9.17, 15) is 10.5 Å². The van der Waals surface area contributed by atoms with Gasteiger partial charge in [0.2, 0.25) is 0 Å². The van der Waals surface area contributed by atoms with Crippen LogP contribution in [0.25, 0.3) is 82.1 Å². The molecule has 0 amide bonds. The van der Waals surface area contributed by atoms with Gasteiger partial charge in [-0.3, -0.25) is 0 Å². The average Bonchev–Trinajstić information content (AvgIpc) is 3.69. The van der Waals surface area contributed by atoms with E-state index in [0.717, 1.165) is 66.5 Å². The third kappa shape index (κ3) is 4.38. The molecule has 0 radical (unpaired) electrons. The fourth-order valence-electron chi connectivity index (χ4n) is 7.39. The zero-order chi connectivity index (χ0) is 33.8. The minimum atomic E-state index is 0.562. The molecule has 0 saturated heterocycles. The normalized spacial score (nSPS) is 11.1. The molecule has 0 spiro atoms. The van der Waals surface area contributed by atoms with Crippen LogP contribution in [-0.2, 0) is 0 Å². The standard InChI is InChI=1S/C45H25N5/c1-48-32-18-23-44-40(26-32)39-25-30(28-47)14-21-43(39)49(44)33-19-16-31(17-20-33)34-8-2-3-9-35(34)38-24-29(27-46)15-22-45(38)50-41-12-6-4-10-36(41)37-11-5-7-13-42(37)50/h2-26H. The third-order valence-electron chi connectivity index (χ3n) is 9.61. The van der Waals surface area contributed by atoms with Crippen molar-refractivity contribution in [3.05, 3.63) is 174 Å². The quantitative estimate of drug-likeness (QED) is 0.181. The first-order chi connectivity index (χ1) is 24.7. The Bertz CT molecular complexity index is 2830. The first kappa shape index (κ1) is 28.8. The van der Waals surface area contributed by atoms with Crippen molar-refractivity contribution in [1.82, 2.24) is 9.13 Å². The molecule has 2 aromatic heterocycles. The molecular formula is C45H25N5. The highest BCUT2D eigenvalue weighted by molar-refractivity contribution is 6.11. The summed E-state index contributed by atoms with van der Waals surface area (Å²) in [5.41, 5.74) is 12.0. The van der Waals surface area contributed by atoms with E-state index >= 15 is 0 Å². The van der Waals surface area contributed by atoms with Crippen molar-refractivity contribution < 1.29 is 0 Å². The van der Waals surface area contributed by atoms with Crippen LogP contribution < -0.4 is 0 Å². The number of nitrogens with zero attached hydrogens (tertiary/aromatic N) is 5. The van der Waals surface area contributed by atoms with E-state index in [2.05, 4.69) is 123 Å². The summed E-state index contributed by atoms with van der Waals surface area (Å²) >= 11 is 0. The van der Waals surface area contributed by atoms with Crippen LogP contribution in [0, 0.1) is 29.2 Å². The Morgan fingerprint density at radius 1 is 0.460 bits per heavy atom. The van der Waals surface area contributed by atoms with Crippen LogP contribution in [0.3, 0.4) is 0 Å². The Kier molecular flexibility index (Phi) is 6.56. The number of benzene rings is 7. The van der Waals surface area contributed by atoms with Gasteiger partial charge in [-0.15, -0.1) is 0 Å². The second-order valence-electron chi connectivity index (χ2n) is 12.3. The monoisotopic (exact) mass is 635 g/mol. The Morgan fingerprint density at radius 3 is 1.70 bits per heavy atom. The van der Waals surface area contributed by atoms with Crippen molar-refractivity contribution in [2.75, 3.05) is 0 Å². The van der Waals surface area contributed by atoms with E-state index in [-0.39, 0.29) is 0 Å². The smallest absolute Gasteiger partial charge is 0.188 e. The molecule has 50 heavy (non-hydrogen) atoms. The SMILES string of the molecule is [C-]#[N+]c1ccc2c(c1)c1cc(C#N)ccc1n2-c1ccc(-c2ccccc2-c2cc(C#N)ccc2-n2c3ccccc3c3ccccc32)cc1. The Balaban J connectivity index is 1.22. The van der Waals surface area contributed by atoms with Crippen molar-refractivity contribution >= 4 is 49.3 Å². The van der Waals surface area contributed by atoms with Gasteiger partial charge in [-0.2, -0.15) is 10.5 Å². The minimum Gasteiger partial charge on any atom is -0.309 e. The van der Waals surface area contributed by atoms with Crippen LogP contribution in [0.2, 0.25) is 0 Å². The van der Waals surface area contributed by atoms with Crippen LogP contribution in [0.1, 0.15) is 11.1 Å². The third-order valence-corrected chi connectivity index (χ3v) is 9.61. The summed E-state index contributed by atoms with van der Waals surface area (Å²) < 4.78 is 4.49. The lowest BCUT2D eigenvalue weighted by atomic mass is 9.92. The number of aromatic nitrogens is 2. The molecule has 2 heterocycles. The van der Waals surface area contributed by atoms with Crippen LogP contribution in [0.5, 0.6) is 0 Å². The highest BCUT2D eigenvalue weighted by Gasteiger charge is 2.19. The number of hydrogen-bond donors (Lipinski definition) is 0. The zero-order valence-electron chi connectivity index (χ0n) is 26.7. The van der Waals surface area contributed by atoms with Crippen molar-refractivity contribution in [3.8, 4) is 45.8 Å². The largest absolute Gasteiger partial charge is 0.309 e. The number of para-hydroxylation sites is 2. The molecule has 9 aromatic rings. The number of hydrogen-bond acceptors (Lipinski definition) is 2. The second-order valence-corrected chi connectivity index (χ2v) is 12.3. The highest BCUT2D eigenvalue weighted by Crippen LogP contribution is 2.41. The van der Waals surface area contributed by atoms with E-state index in [1.807, 2.05) is 54.6 Å². The maximum atomic E-state index is 10.0. The number of rotatable bonds is 4. The number of nitriles is 2. The molecule has 0 fully saturated rings. The Labute approximate surface area is 288 Å². The molecule has 9 rings (SSSR count). The summed E-state index contributed by atoms with van der Waals surface area (Å²) in [5, 5.41) is 23.9. The van der Waals surface area contributed by atoms with E-state index in [1.165, 1.54) is 10.8 Å². The first-order valence-electron chi connectivity index (χ1n) is 16.3. The molecule has 0 unspecified atom stereocenters. The highest BCUT2D eigenvalue weighted by atomic mass is 15.0. The van der Waals surface area contributed by atoms with Gasteiger partial charge >= 0.3 is 0 Å². The average molecular weight is 636 g/mol. The fourth-order valence-corrected chi connectivity index (χ4v) is 7.39. The Morgan fingerprint density at radius 2 is 1.02 bits per heavy atom. The lowest BCUT2D eigenvalue weighted by molar-refractivity contribution is 1.18. The molecule has 230 valence electrons. The van der Waals surface area contributed by atoms with Gasteiger partial charge in [-0.05, 0) is 94.9 Å². The lowest BCUT2D eigenvalue weighted by Gasteiger charge is -2.18. The van der Waals surface area contributed by atoms with Crippen molar-refractivity contribution in [2.45, 2.75) is 0 Å². The summed E-state index contributed by atoms with van der Waals surface area (Å²) in [6, 6.07) is 55.8. The maximum Gasteiger partial charge on any atom is 0.188 e. The predicted molar refractivity (Wildman–Crippen MR) is 202 cm³/mol. The predicted octanol–water partition coefficient (Wildman–Crippen LogP) is 11.5. The van der Waals surface area contributed by atoms with Gasteiger partial charge < -0.3 is 9.13 Å². The van der Waals surface area contributed by atoms with Crippen molar-refractivity contribution in [3.63, 3.8) is 0 Å². The van der Waals surface area contributed by atoms with E-state index in [4.69, 9.17) is 6.57 Å². The summed E-state index contributed by atoms with van der Waals surface area (Å²) in [4.78, 5) is 3.65. The van der Waals surface area contributed by atoms with Crippen molar-refractivity contribution in [2.24, 2.45) is 0 Å². The molecule has 0 aliphatic carbocycles. The summed E-state index contributed by atoms with van der Waals surface area (Å²) in [6.45, 7) is 7.56. The molecular weight excluding hydrogens is 611 g/mol. The van der Waals surface area contributed by atoms with Crippen LogP contribution in [-0.4, -0.2) is 9.13 Å². The molecule has 0 aliphatic rings. The molecule has 0 saturated carbocycles. The van der Waals surface area contributed by atoms with Gasteiger partial charge in [0.15, 0.2) is 5.69 Å². The maximum absolute atomic E-state index is 10.0. The Hall–Kier alpha value is -7.39. The molecule has 5 heteroatoms. The summed E-state index contributed by atoms with van der Waals surface area (Å²) in [6.07, 6.45) is 0. The van der Waals surface area contributed by atoms with Crippen LogP contribution >= 0.6 is 0 Å². The molecule has 0 atom stereocenters. The second kappa shape index (κ2) is 11.4. The van der Waals surface area contributed by atoms with Crippen LogP contribution in [0.15, 0.2) is 152 Å². The van der Waals surface area contributed by atoms with Gasteiger partial charge in [0.1, 0.15) is 0 Å². The van der Waals surface area contributed by atoms with Gasteiger partial charge in [-0.25, -0.2) is 4.85 Å². The van der Waals surface area contributed by atoms with Gasteiger partial charge in [-0.1, -0.05) is 78.9 Å². The summed E-state index contributed by atoms with van der Waals surface area (Å²) in [7, 11) is 0. The van der Waals surface area contributed by atoms with Gasteiger partial charge in [0, 0.05) is 27.4 Å². The minimum absolute atomic E-state index is 0.562. The fraction of sp³-hybridized carbons (Fsp3) is 0. The lowest BCUT2D eigenvalue weighted by Crippen LogP contribution is -1.99. The van der Waals surface area contributed by atoms with Gasteiger partial charge in [0.25, 0.3) is 0 Å². The van der Waals surface area contributed by atoms with Gasteiger partial charge in [0.05, 0.1) is 57.6 Å². The molecule has 0 aliphatic heterocycles. The topological polar surface area (TPSA) is 61.8 Å². The van der Waals surface area contributed by atoms with Crippen molar-refractivity contribution in [1.29, 1.82) is 10.5 Å². The first-order valence-corrected chi connectivity index (χ1v) is 16.3. The molecule has 0 bridgehead atoms. The molecule has 5 nitrogen and oxygen atoms in total. The zero-order valence-corrected chi connectivity index (χ0v) is 26.7.